The van der Waals surface area contributed by atoms with Gasteiger partial charge in [0.1, 0.15) is 0 Å². The molecule has 0 heterocycles. The molecule has 0 nitrogen and oxygen atoms in total. The van der Waals surface area contributed by atoms with E-state index < -0.39 is 11.3 Å². The molecule has 52 valence electrons. The van der Waals surface area contributed by atoms with Crippen molar-refractivity contribution in [1.82, 2.24) is 0 Å². The highest BCUT2D eigenvalue weighted by Gasteiger charge is 2.85. The normalized spacial score (nSPS) is 41.0. The Morgan fingerprint density at radius 3 is 2.11 bits per heavy atom. The molecule has 0 saturated heterocycles. The summed E-state index contributed by atoms with van der Waals surface area (Å²) in [5, 5.41) is 0.472. The third-order valence-corrected chi connectivity index (χ3v) is 3.28. The molecule has 9 heavy (non-hydrogen) atoms. The summed E-state index contributed by atoms with van der Waals surface area (Å²) in [6.45, 7) is 0. The number of hydrogen-bond acceptors (Lipinski definition) is 0. The molecule has 0 aliphatic heterocycles. The summed E-state index contributed by atoms with van der Waals surface area (Å²) in [5.41, 5.74) is -0.517. The first kappa shape index (κ1) is 6.08. The van der Waals surface area contributed by atoms with E-state index >= 15 is 0 Å². The van der Waals surface area contributed by atoms with Crippen LogP contribution in [-0.2, 0) is 0 Å². The number of alkyl halides is 3. The van der Waals surface area contributed by atoms with Gasteiger partial charge in [0.25, 0.3) is 5.92 Å². The fourth-order valence-electron chi connectivity index (χ4n) is 1.65. The van der Waals surface area contributed by atoms with E-state index in [4.69, 9.17) is 0 Å². The summed E-state index contributed by atoms with van der Waals surface area (Å²) in [6, 6.07) is 0. The second kappa shape index (κ2) is 1.34. The van der Waals surface area contributed by atoms with Gasteiger partial charge in [-0.05, 0) is 12.8 Å². The molecule has 0 bridgehead atoms. The maximum atomic E-state index is 12.6. The smallest absolute Gasteiger partial charge is 0.206 e. The first-order valence-corrected chi connectivity index (χ1v) is 4.21. The van der Waals surface area contributed by atoms with Crippen molar-refractivity contribution >= 4 is 15.9 Å². The van der Waals surface area contributed by atoms with Gasteiger partial charge in [-0.15, -0.1) is 0 Å². The predicted octanol–water partition coefficient (Wildman–Crippen LogP) is 2.43. The van der Waals surface area contributed by atoms with Crippen LogP contribution in [0.5, 0.6) is 0 Å². The van der Waals surface area contributed by atoms with Crippen molar-refractivity contribution in [2.45, 2.75) is 18.8 Å². The summed E-state index contributed by atoms with van der Waals surface area (Å²) in [4.78, 5) is 0. The van der Waals surface area contributed by atoms with Crippen molar-refractivity contribution in [1.29, 1.82) is 0 Å². The van der Waals surface area contributed by atoms with Crippen molar-refractivity contribution in [3.8, 4) is 0 Å². The molecule has 2 aliphatic rings. The van der Waals surface area contributed by atoms with Crippen LogP contribution in [0.4, 0.5) is 8.78 Å². The molecular formula is C6H7BrF2. The molecule has 1 atom stereocenters. The molecule has 0 amide bonds. The average molecular weight is 197 g/mol. The Bertz CT molecular complexity index is 147. The Morgan fingerprint density at radius 2 is 2.00 bits per heavy atom. The highest BCUT2D eigenvalue weighted by atomic mass is 79.9. The predicted molar refractivity (Wildman–Crippen MR) is 33.9 cm³/mol. The standard InChI is InChI=1S/C6H7BrF2/c7-3-4-5(1-2-5)6(4,8)9/h4H,1-3H2. The Morgan fingerprint density at radius 1 is 1.44 bits per heavy atom. The first-order chi connectivity index (χ1) is 4.15. The second-order valence-corrected chi connectivity index (χ2v) is 3.63. The van der Waals surface area contributed by atoms with Gasteiger partial charge in [-0.3, -0.25) is 0 Å². The molecule has 1 unspecified atom stereocenters. The Balaban J connectivity index is 2.16. The number of rotatable bonds is 1. The highest BCUT2D eigenvalue weighted by Crippen LogP contribution is 2.80. The second-order valence-electron chi connectivity index (χ2n) is 2.99. The van der Waals surface area contributed by atoms with Gasteiger partial charge in [0.15, 0.2) is 0 Å². The Hall–Kier alpha value is 0.340. The lowest BCUT2D eigenvalue weighted by molar-refractivity contribution is 0.0827. The first-order valence-electron chi connectivity index (χ1n) is 3.09. The maximum absolute atomic E-state index is 12.6. The third kappa shape index (κ3) is 0.483. The van der Waals surface area contributed by atoms with Gasteiger partial charge in [-0.1, -0.05) is 15.9 Å². The lowest BCUT2D eigenvalue weighted by Gasteiger charge is -1.87. The third-order valence-electron chi connectivity index (χ3n) is 2.63. The minimum absolute atomic E-state index is 0.343. The van der Waals surface area contributed by atoms with E-state index in [1.54, 1.807) is 0 Å². The van der Waals surface area contributed by atoms with Gasteiger partial charge < -0.3 is 0 Å². The van der Waals surface area contributed by atoms with E-state index in [0.29, 0.717) is 5.33 Å². The van der Waals surface area contributed by atoms with Crippen molar-refractivity contribution in [3.05, 3.63) is 0 Å². The van der Waals surface area contributed by atoms with Crippen molar-refractivity contribution in [2.75, 3.05) is 5.33 Å². The van der Waals surface area contributed by atoms with E-state index in [1.165, 1.54) is 0 Å². The molecular weight excluding hydrogens is 190 g/mol. The minimum Gasteiger partial charge on any atom is -0.206 e. The van der Waals surface area contributed by atoms with Crippen LogP contribution in [0, 0.1) is 11.3 Å². The summed E-state index contributed by atoms with van der Waals surface area (Å²) in [6.07, 6.45) is 1.49. The van der Waals surface area contributed by atoms with Crippen LogP contribution in [0.2, 0.25) is 0 Å². The summed E-state index contributed by atoms with van der Waals surface area (Å²) in [7, 11) is 0. The van der Waals surface area contributed by atoms with Crippen molar-refractivity contribution in [2.24, 2.45) is 11.3 Å². The molecule has 1 spiro atoms. The maximum Gasteiger partial charge on any atom is 0.258 e. The van der Waals surface area contributed by atoms with E-state index in [9.17, 15) is 8.78 Å². The molecule has 0 aromatic rings. The average Bonchev–Trinajstić information content (AvgIpc) is 2.54. The van der Waals surface area contributed by atoms with Crippen LogP contribution in [0.3, 0.4) is 0 Å². The zero-order valence-electron chi connectivity index (χ0n) is 4.83. The quantitative estimate of drug-likeness (QED) is 0.566. The Labute approximate surface area is 60.8 Å². The largest absolute Gasteiger partial charge is 0.258 e. The van der Waals surface area contributed by atoms with E-state index in [2.05, 4.69) is 15.9 Å². The monoisotopic (exact) mass is 196 g/mol. The van der Waals surface area contributed by atoms with Gasteiger partial charge in [0, 0.05) is 16.7 Å². The summed E-state index contributed by atoms with van der Waals surface area (Å²) < 4.78 is 25.2. The molecule has 0 aromatic heterocycles. The fraction of sp³-hybridized carbons (Fsp3) is 1.00. The van der Waals surface area contributed by atoms with Gasteiger partial charge >= 0.3 is 0 Å². The van der Waals surface area contributed by atoms with Crippen LogP contribution in [0.15, 0.2) is 0 Å². The van der Waals surface area contributed by atoms with Gasteiger partial charge in [0.05, 0.1) is 0 Å². The fourth-order valence-corrected chi connectivity index (χ4v) is 2.68. The Kier molecular flexibility index (Phi) is 0.902. The van der Waals surface area contributed by atoms with Crippen LogP contribution in [0.1, 0.15) is 12.8 Å². The summed E-state index contributed by atoms with van der Waals surface area (Å²) >= 11 is 3.09. The van der Waals surface area contributed by atoms with Crippen molar-refractivity contribution in [3.63, 3.8) is 0 Å². The summed E-state index contributed by atoms with van der Waals surface area (Å²) in [5.74, 6) is -2.67. The molecule has 3 heteroatoms. The van der Waals surface area contributed by atoms with E-state index in [-0.39, 0.29) is 5.92 Å². The zero-order chi connectivity index (χ0) is 6.70. The van der Waals surface area contributed by atoms with E-state index in [0.717, 1.165) is 12.8 Å². The van der Waals surface area contributed by atoms with Gasteiger partial charge in [-0.2, -0.15) is 0 Å². The highest BCUT2D eigenvalue weighted by molar-refractivity contribution is 9.09. The minimum atomic E-state index is -2.32. The van der Waals surface area contributed by atoms with Gasteiger partial charge in [-0.25, -0.2) is 8.78 Å². The van der Waals surface area contributed by atoms with Gasteiger partial charge in [0.2, 0.25) is 0 Å². The van der Waals surface area contributed by atoms with E-state index in [1.807, 2.05) is 0 Å². The molecule has 2 rings (SSSR count). The molecule has 0 radical (unpaired) electrons. The molecule has 2 saturated carbocycles. The molecule has 2 aliphatic carbocycles. The molecule has 0 N–H and O–H groups in total. The topological polar surface area (TPSA) is 0 Å². The molecule has 2 fully saturated rings. The lowest BCUT2D eigenvalue weighted by Crippen LogP contribution is -1.94. The lowest BCUT2D eigenvalue weighted by atomic mass is 10.3. The SMILES string of the molecule is FC1(F)C(CBr)C12CC2. The van der Waals surface area contributed by atoms with Crippen LogP contribution in [-0.4, -0.2) is 11.3 Å². The van der Waals surface area contributed by atoms with Crippen LogP contribution in [0.25, 0.3) is 0 Å². The van der Waals surface area contributed by atoms with Crippen LogP contribution < -0.4 is 0 Å². The van der Waals surface area contributed by atoms with Crippen molar-refractivity contribution < 1.29 is 8.78 Å². The number of halogens is 3. The molecule has 0 aromatic carbocycles. The van der Waals surface area contributed by atoms with Crippen LogP contribution >= 0.6 is 15.9 Å². The number of hydrogen-bond donors (Lipinski definition) is 0. The zero-order valence-corrected chi connectivity index (χ0v) is 6.42.